The van der Waals surface area contributed by atoms with E-state index >= 15 is 0 Å². The van der Waals surface area contributed by atoms with E-state index in [2.05, 4.69) is 15.7 Å². The van der Waals surface area contributed by atoms with Crippen molar-refractivity contribution in [2.75, 3.05) is 19.4 Å². The molecular formula is C21H22F3N5O. The van der Waals surface area contributed by atoms with Crippen molar-refractivity contribution < 1.29 is 18.0 Å². The Hall–Kier alpha value is -3.33. The number of hydrogen-bond donors (Lipinski definition) is 2. The fraction of sp³-hybridized carbons (Fsp3) is 0.238. The summed E-state index contributed by atoms with van der Waals surface area (Å²) in [5.41, 5.74) is 1.46. The normalized spacial score (nSPS) is 11.5. The van der Waals surface area contributed by atoms with Crippen molar-refractivity contribution in [1.29, 1.82) is 0 Å². The average molecular weight is 417 g/mol. The first-order chi connectivity index (χ1) is 14.2. The summed E-state index contributed by atoms with van der Waals surface area (Å²) in [6.07, 6.45) is -1.44. The minimum absolute atomic E-state index is 0.00704. The molecule has 6 nitrogen and oxygen atoms in total. The largest absolute Gasteiger partial charge is 0.416 e. The van der Waals surface area contributed by atoms with Crippen molar-refractivity contribution in [3.8, 4) is 5.69 Å². The van der Waals surface area contributed by atoms with E-state index in [-0.39, 0.29) is 12.2 Å². The molecule has 0 aliphatic carbocycles. The molecule has 3 rings (SSSR count). The standard InChI is InChI=1S/C21H22F3N5O/c1-28(2)14-16-7-4-3-6-15(16)13-25-20(30)27-18-12-17(21(22,23)24)8-9-19(18)29-11-5-10-26-29/h3-12H,13-14H2,1-2H3,(H2,25,27,30). The molecular weight excluding hydrogens is 395 g/mol. The minimum atomic E-state index is -4.53. The Bertz CT molecular complexity index is 1000. The molecule has 2 amide bonds. The van der Waals surface area contributed by atoms with Crippen molar-refractivity contribution >= 4 is 11.7 Å². The molecule has 0 saturated carbocycles. The zero-order valence-corrected chi connectivity index (χ0v) is 16.6. The van der Waals surface area contributed by atoms with Gasteiger partial charge in [0.1, 0.15) is 0 Å². The number of benzene rings is 2. The second kappa shape index (κ2) is 9.00. The summed E-state index contributed by atoms with van der Waals surface area (Å²) >= 11 is 0. The van der Waals surface area contributed by atoms with Gasteiger partial charge in [-0.15, -0.1) is 0 Å². The number of anilines is 1. The van der Waals surface area contributed by atoms with Crippen LogP contribution in [0.25, 0.3) is 5.69 Å². The van der Waals surface area contributed by atoms with Gasteiger partial charge >= 0.3 is 12.2 Å². The molecule has 0 aliphatic heterocycles. The summed E-state index contributed by atoms with van der Waals surface area (Å²) in [5.74, 6) is 0. The van der Waals surface area contributed by atoms with E-state index in [4.69, 9.17) is 0 Å². The minimum Gasteiger partial charge on any atom is -0.334 e. The second-order valence-corrected chi connectivity index (χ2v) is 6.99. The molecule has 0 atom stereocenters. The molecule has 0 saturated heterocycles. The number of nitrogens with zero attached hydrogens (tertiary/aromatic N) is 3. The van der Waals surface area contributed by atoms with E-state index in [1.165, 1.54) is 16.9 Å². The van der Waals surface area contributed by atoms with Gasteiger partial charge in [-0.05, 0) is 49.5 Å². The molecule has 0 unspecified atom stereocenters. The summed E-state index contributed by atoms with van der Waals surface area (Å²) in [5, 5.41) is 9.27. The highest BCUT2D eigenvalue weighted by atomic mass is 19.4. The number of carbonyl (C=O) groups is 1. The van der Waals surface area contributed by atoms with Gasteiger partial charge in [-0.3, -0.25) is 0 Å². The van der Waals surface area contributed by atoms with Crippen LogP contribution in [0.5, 0.6) is 0 Å². The number of hydrogen-bond acceptors (Lipinski definition) is 3. The van der Waals surface area contributed by atoms with Gasteiger partial charge in [0.05, 0.1) is 16.9 Å². The van der Waals surface area contributed by atoms with Crippen LogP contribution >= 0.6 is 0 Å². The molecule has 1 heterocycles. The Labute approximate surface area is 172 Å². The van der Waals surface area contributed by atoms with Crippen LogP contribution in [0.15, 0.2) is 60.9 Å². The van der Waals surface area contributed by atoms with Crippen LogP contribution in [0, 0.1) is 0 Å². The fourth-order valence-corrected chi connectivity index (χ4v) is 2.99. The number of amides is 2. The zero-order valence-electron chi connectivity index (χ0n) is 16.6. The van der Waals surface area contributed by atoms with Gasteiger partial charge in [0.15, 0.2) is 0 Å². The molecule has 0 aliphatic rings. The first-order valence-electron chi connectivity index (χ1n) is 9.21. The highest BCUT2D eigenvalue weighted by Gasteiger charge is 2.31. The van der Waals surface area contributed by atoms with Crippen molar-refractivity contribution in [2.45, 2.75) is 19.3 Å². The van der Waals surface area contributed by atoms with Gasteiger partial charge in [0, 0.05) is 25.5 Å². The molecule has 0 spiro atoms. The molecule has 2 aromatic carbocycles. The Morgan fingerprint density at radius 1 is 1.10 bits per heavy atom. The van der Waals surface area contributed by atoms with Gasteiger partial charge in [0.25, 0.3) is 0 Å². The maximum Gasteiger partial charge on any atom is 0.416 e. The third-order valence-corrected chi connectivity index (χ3v) is 4.37. The van der Waals surface area contributed by atoms with Crippen molar-refractivity contribution in [3.05, 3.63) is 77.6 Å². The number of alkyl halides is 3. The number of aromatic nitrogens is 2. The molecule has 0 radical (unpaired) electrons. The smallest absolute Gasteiger partial charge is 0.334 e. The second-order valence-electron chi connectivity index (χ2n) is 6.99. The van der Waals surface area contributed by atoms with E-state index in [1.807, 2.05) is 43.3 Å². The van der Waals surface area contributed by atoms with Crippen LogP contribution in [0.3, 0.4) is 0 Å². The molecule has 9 heteroatoms. The van der Waals surface area contributed by atoms with E-state index in [0.717, 1.165) is 23.3 Å². The predicted octanol–water partition coefficient (Wildman–Crippen LogP) is 4.27. The van der Waals surface area contributed by atoms with Gasteiger partial charge in [0.2, 0.25) is 0 Å². The molecule has 3 aromatic rings. The van der Waals surface area contributed by atoms with Crippen LogP contribution in [0.1, 0.15) is 16.7 Å². The van der Waals surface area contributed by atoms with E-state index < -0.39 is 17.8 Å². The molecule has 0 bridgehead atoms. The van der Waals surface area contributed by atoms with Crippen molar-refractivity contribution in [2.24, 2.45) is 0 Å². The lowest BCUT2D eigenvalue weighted by molar-refractivity contribution is -0.137. The average Bonchev–Trinajstić information content (AvgIpc) is 3.20. The molecule has 0 fully saturated rings. The highest BCUT2D eigenvalue weighted by molar-refractivity contribution is 5.91. The third kappa shape index (κ3) is 5.38. The van der Waals surface area contributed by atoms with Gasteiger partial charge in [-0.2, -0.15) is 18.3 Å². The number of urea groups is 1. The Kier molecular flexibility index (Phi) is 6.41. The van der Waals surface area contributed by atoms with Crippen molar-refractivity contribution in [1.82, 2.24) is 20.0 Å². The quantitative estimate of drug-likeness (QED) is 0.630. The van der Waals surface area contributed by atoms with Crippen LogP contribution < -0.4 is 10.6 Å². The maximum atomic E-state index is 13.1. The molecule has 30 heavy (non-hydrogen) atoms. The summed E-state index contributed by atoms with van der Waals surface area (Å²) in [6.45, 7) is 0.947. The van der Waals surface area contributed by atoms with Crippen LogP contribution in [-0.4, -0.2) is 34.8 Å². The maximum absolute atomic E-state index is 13.1. The van der Waals surface area contributed by atoms with Crippen LogP contribution in [-0.2, 0) is 19.3 Å². The van der Waals surface area contributed by atoms with E-state index in [9.17, 15) is 18.0 Å². The summed E-state index contributed by atoms with van der Waals surface area (Å²) in [4.78, 5) is 14.5. The summed E-state index contributed by atoms with van der Waals surface area (Å²) < 4.78 is 40.8. The SMILES string of the molecule is CN(C)Cc1ccccc1CNC(=O)Nc1cc(C(F)(F)F)ccc1-n1cccn1. The number of halogens is 3. The Morgan fingerprint density at radius 2 is 1.83 bits per heavy atom. The van der Waals surface area contributed by atoms with Gasteiger partial charge in [-0.1, -0.05) is 24.3 Å². The van der Waals surface area contributed by atoms with Gasteiger partial charge in [-0.25, -0.2) is 9.48 Å². The number of rotatable bonds is 6. The lowest BCUT2D eigenvalue weighted by atomic mass is 10.1. The van der Waals surface area contributed by atoms with Crippen molar-refractivity contribution in [3.63, 3.8) is 0 Å². The molecule has 1 aromatic heterocycles. The predicted molar refractivity (Wildman–Crippen MR) is 108 cm³/mol. The summed E-state index contributed by atoms with van der Waals surface area (Å²) in [6, 6.07) is 11.8. The van der Waals surface area contributed by atoms with E-state index in [0.29, 0.717) is 12.2 Å². The van der Waals surface area contributed by atoms with Gasteiger partial charge < -0.3 is 15.5 Å². The van der Waals surface area contributed by atoms with E-state index in [1.54, 1.807) is 12.3 Å². The molecule has 2 N–H and O–H groups in total. The lowest BCUT2D eigenvalue weighted by Gasteiger charge is -2.17. The fourth-order valence-electron chi connectivity index (χ4n) is 2.99. The zero-order chi connectivity index (χ0) is 21.7. The monoisotopic (exact) mass is 417 g/mol. The first kappa shape index (κ1) is 21.4. The first-order valence-corrected chi connectivity index (χ1v) is 9.21. The number of nitrogens with one attached hydrogen (secondary N) is 2. The Morgan fingerprint density at radius 3 is 2.47 bits per heavy atom. The summed E-state index contributed by atoms with van der Waals surface area (Å²) in [7, 11) is 3.89. The lowest BCUT2D eigenvalue weighted by Crippen LogP contribution is -2.29. The number of carbonyl (C=O) groups excluding carboxylic acids is 1. The van der Waals surface area contributed by atoms with Crippen LogP contribution in [0.4, 0.5) is 23.7 Å². The third-order valence-electron chi connectivity index (χ3n) is 4.37. The topological polar surface area (TPSA) is 62.2 Å². The molecule has 158 valence electrons. The highest BCUT2D eigenvalue weighted by Crippen LogP contribution is 2.33. The Balaban J connectivity index is 1.78. The van der Waals surface area contributed by atoms with Crippen LogP contribution in [0.2, 0.25) is 0 Å².